The van der Waals surface area contributed by atoms with E-state index in [1.165, 1.54) is 0 Å². The van der Waals surface area contributed by atoms with Crippen LogP contribution >= 0.6 is 11.6 Å². The van der Waals surface area contributed by atoms with Gasteiger partial charge < -0.3 is 10.6 Å². The van der Waals surface area contributed by atoms with E-state index in [0.29, 0.717) is 11.0 Å². The van der Waals surface area contributed by atoms with Crippen molar-refractivity contribution >= 4 is 29.1 Å². The number of nitrogens with one attached hydrogen (secondary N) is 2. The van der Waals surface area contributed by atoms with Gasteiger partial charge in [-0.1, -0.05) is 31.0 Å². The molecule has 1 heterocycles. The number of unbranched alkanes of at least 4 members (excludes halogenated alkanes) is 1. The van der Waals surface area contributed by atoms with Crippen LogP contribution in [-0.2, 0) is 0 Å². The Hall–Kier alpha value is -1.81. The molecule has 2 N–H and O–H groups in total. The summed E-state index contributed by atoms with van der Waals surface area (Å²) < 4.78 is 0. The first-order chi connectivity index (χ1) is 10.1. The fourth-order valence-corrected chi connectivity index (χ4v) is 2.13. The zero-order valence-electron chi connectivity index (χ0n) is 12.7. The Kier molecular flexibility index (Phi) is 5.39. The van der Waals surface area contributed by atoms with Crippen LogP contribution in [0.2, 0.25) is 5.02 Å². The molecule has 2 aromatic rings. The largest absolute Gasteiger partial charge is 0.370 e. The second kappa shape index (κ2) is 7.27. The highest BCUT2D eigenvalue weighted by atomic mass is 35.5. The van der Waals surface area contributed by atoms with Gasteiger partial charge in [0.2, 0.25) is 5.95 Å². The molecule has 2 rings (SSSR count). The van der Waals surface area contributed by atoms with Gasteiger partial charge in [-0.25, -0.2) is 4.98 Å². The summed E-state index contributed by atoms with van der Waals surface area (Å²) in [6, 6.07) is 7.68. The molecule has 0 unspecified atom stereocenters. The predicted molar refractivity (Wildman–Crippen MR) is 89.6 cm³/mol. The number of benzene rings is 1. The number of halogens is 1. The lowest BCUT2D eigenvalue weighted by atomic mass is 10.2. The van der Waals surface area contributed by atoms with Crippen molar-refractivity contribution < 1.29 is 0 Å². The molecule has 0 radical (unpaired) electrons. The minimum absolute atomic E-state index is 0.583. The first-order valence-corrected chi connectivity index (χ1v) is 7.59. The van der Waals surface area contributed by atoms with Crippen LogP contribution in [0.25, 0.3) is 0 Å². The summed E-state index contributed by atoms with van der Waals surface area (Å²) in [6.07, 6.45) is 2.28. The average Bonchev–Trinajstić information content (AvgIpc) is 2.43. The van der Waals surface area contributed by atoms with Crippen LogP contribution in [0.15, 0.2) is 24.3 Å². The fourth-order valence-electron chi connectivity index (χ4n) is 1.96. The topological polar surface area (TPSA) is 49.8 Å². The van der Waals surface area contributed by atoms with E-state index in [1.54, 1.807) is 0 Å². The molecule has 1 aromatic heterocycles. The Balaban J connectivity index is 2.17. The highest BCUT2D eigenvalue weighted by molar-refractivity contribution is 6.30. The van der Waals surface area contributed by atoms with Crippen LogP contribution in [0.5, 0.6) is 0 Å². The van der Waals surface area contributed by atoms with Crippen LogP contribution in [0.1, 0.15) is 31.0 Å². The quantitative estimate of drug-likeness (QED) is 0.759. The molecule has 0 saturated carbocycles. The monoisotopic (exact) mass is 304 g/mol. The third kappa shape index (κ3) is 4.60. The number of hydrogen-bond acceptors (Lipinski definition) is 4. The van der Waals surface area contributed by atoms with Crippen LogP contribution in [0, 0.1) is 13.8 Å². The summed E-state index contributed by atoms with van der Waals surface area (Å²) in [7, 11) is 0. The molecule has 0 bridgehead atoms. The van der Waals surface area contributed by atoms with Gasteiger partial charge in [0.1, 0.15) is 5.82 Å². The molecule has 0 spiro atoms. The average molecular weight is 305 g/mol. The van der Waals surface area contributed by atoms with E-state index < -0.39 is 0 Å². The van der Waals surface area contributed by atoms with E-state index >= 15 is 0 Å². The smallest absolute Gasteiger partial charge is 0.229 e. The van der Waals surface area contributed by atoms with E-state index in [1.807, 2.05) is 38.1 Å². The second-order valence-corrected chi connectivity index (χ2v) is 5.52. The summed E-state index contributed by atoms with van der Waals surface area (Å²) in [4.78, 5) is 8.92. The van der Waals surface area contributed by atoms with Gasteiger partial charge >= 0.3 is 0 Å². The highest BCUT2D eigenvalue weighted by Crippen LogP contribution is 2.23. The Morgan fingerprint density at radius 1 is 1.14 bits per heavy atom. The Bertz CT molecular complexity index is 613. The molecule has 0 fully saturated rings. The van der Waals surface area contributed by atoms with E-state index in [4.69, 9.17) is 11.6 Å². The standard InChI is InChI=1S/C16H21ClN4/c1-4-5-8-18-15-9-12(3)19-16(21-15)20-14-10-13(17)7-6-11(14)2/h6-7,9-10H,4-5,8H2,1-3H3,(H2,18,19,20,21). The Labute approximate surface area is 131 Å². The summed E-state index contributed by atoms with van der Waals surface area (Å²) in [6.45, 7) is 7.07. The lowest BCUT2D eigenvalue weighted by Gasteiger charge is -2.11. The Morgan fingerprint density at radius 2 is 1.95 bits per heavy atom. The highest BCUT2D eigenvalue weighted by Gasteiger charge is 2.05. The maximum absolute atomic E-state index is 6.04. The van der Waals surface area contributed by atoms with Gasteiger partial charge in [0, 0.05) is 29.0 Å². The third-order valence-corrected chi connectivity index (χ3v) is 3.37. The molecule has 112 valence electrons. The van der Waals surface area contributed by atoms with Crippen molar-refractivity contribution in [3.8, 4) is 0 Å². The number of rotatable bonds is 6. The molecule has 21 heavy (non-hydrogen) atoms. The molecule has 5 heteroatoms. The van der Waals surface area contributed by atoms with E-state index in [9.17, 15) is 0 Å². The predicted octanol–water partition coefficient (Wildman–Crippen LogP) is 4.70. The van der Waals surface area contributed by atoms with Crippen molar-refractivity contribution in [3.63, 3.8) is 0 Å². The van der Waals surface area contributed by atoms with Crippen molar-refractivity contribution in [2.45, 2.75) is 33.6 Å². The normalized spacial score (nSPS) is 10.5. The van der Waals surface area contributed by atoms with Crippen LogP contribution in [0.4, 0.5) is 17.5 Å². The lowest BCUT2D eigenvalue weighted by molar-refractivity contribution is 0.830. The van der Waals surface area contributed by atoms with Crippen molar-refractivity contribution in [1.82, 2.24) is 9.97 Å². The molecule has 0 aliphatic rings. The van der Waals surface area contributed by atoms with Crippen molar-refractivity contribution in [3.05, 3.63) is 40.5 Å². The molecule has 0 saturated heterocycles. The molecule has 1 aromatic carbocycles. The van der Waals surface area contributed by atoms with Gasteiger partial charge in [0.25, 0.3) is 0 Å². The lowest BCUT2D eigenvalue weighted by Crippen LogP contribution is -2.07. The van der Waals surface area contributed by atoms with Gasteiger partial charge in [-0.15, -0.1) is 0 Å². The van der Waals surface area contributed by atoms with Crippen LogP contribution < -0.4 is 10.6 Å². The first kappa shape index (κ1) is 15.6. The maximum Gasteiger partial charge on any atom is 0.229 e. The van der Waals surface area contributed by atoms with Crippen molar-refractivity contribution in [1.29, 1.82) is 0 Å². The van der Waals surface area contributed by atoms with E-state index in [0.717, 1.165) is 42.1 Å². The third-order valence-electron chi connectivity index (χ3n) is 3.14. The fraction of sp³-hybridized carbons (Fsp3) is 0.375. The van der Waals surface area contributed by atoms with E-state index in [2.05, 4.69) is 27.5 Å². The molecular formula is C16H21ClN4. The summed E-state index contributed by atoms with van der Waals surface area (Å²) in [5.74, 6) is 1.43. The second-order valence-electron chi connectivity index (χ2n) is 5.08. The van der Waals surface area contributed by atoms with E-state index in [-0.39, 0.29) is 0 Å². The van der Waals surface area contributed by atoms with Crippen LogP contribution in [-0.4, -0.2) is 16.5 Å². The SMILES string of the molecule is CCCCNc1cc(C)nc(Nc2cc(Cl)ccc2C)n1. The molecular weight excluding hydrogens is 284 g/mol. The van der Waals surface area contributed by atoms with Gasteiger partial charge in [-0.05, 0) is 38.0 Å². The summed E-state index contributed by atoms with van der Waals surface area (Å²) in [5.41, 5.74) is 2.95. The molecule has 4 nitrogen and oxygen atoms in total. The van der Waals surface area contributed by atoms with Gasteiger partial charge in [-0.3, -0.25) is 0 Å². The summed E-state index contributed by atoms with van der Waals surface area (Å²) >= 11 is 6.04. The number of anilines is 3. The summed E-state index contributed by atoms with van der Waals surface area (Å²) in [5, 5.41) is 7.25. The number of aryl methyl sites for hydroxylation is 2. The maximum atomic E-state index is 6.04. The number of hydrogen-bond donors (Lipinski definition) is 2. The number of aromatic nitrogens is 2. The number of nitrogens with zero attached hydrogens (tertiary/aromatic N) is 2. The zero-order valence-corrected chi connectivity index (χ0v) is 13.5. The van der Waals surface area contributed by atoms with Crippen LogP contribution in [0.3, 0.4) is 0 Å². The minimum Gasteiger partial charge on any atom is -0.370 e. The molecule has 0 aliphatic heterocycles. The first-order valence-electron chi connectivity index (χ1n) is 7.21. The van der Waals surface area contributed by atoms with Gasteiger partial charge in [0.15, 0.2) is 0 Å². The zero-order chi connectivity index (χ0) is 15.2. The van der Waals surface area contributed by atoms with Crippen molar-refractivity contribution in [2.24, 2.45) is 0 Å². The van der Waals surface area contributed by atoms with Gasteiger partial charge in [-0.2, -0.15) is 4.98 Å². The minimum atomic E-state index is 0.583. The Morgan fingerprint density at radius 3 is 2.71 bits per heavy atom. The van der Waals surface area contributed by atoms with Crippen molar-refractivity contribution in [2.75, 3.05) is 17.2 Å². The molecule has 0 atom stereocenters. The molecule has 0 amide bonds. The molecule has 0 aliphatic carbocycles. The van der Waals surface area contributed by atoms with Gasteiger partial charge in [0.05, 0.1) is 0 Å².